The van der Waals surface area contributed by atoms with Crippen LogP contribution in [0.15, 0.2) is 30.3 Å². The van der Waals surface area contributed by atoms with Crippen LogP contribution in [0.3, 0.4) is 0 Å². The first-order valence-corrected chi connectivity index (χ1v) is 11.8. The molecule has 2 aromatic rings. The Morgan fingerprint density at radius 3 is 2.49 bits per heavy atom. The van der Waals surface area contributed by atoms with E-state index in [9.17, 15) is 14.4 Å². The molecule has 0 aliphatic carbocycles. The molecule has 10 heteroatoms. The van der Waals surface area contributed by atoms with Crippen molar-refractivity contribution >= 4 is 44.3 Å². The molecule has 1 unspecified atom stereocenters. The summed E-state index contributed by atoms with van der Waals surface area (Å²) >= 11 is 0. The zero-order valence-electron chi connectivity index (χ0n) is 19.4. The minimum atomic E-state index is -0.736. The van der Waals surface area contributed by atoms with E-state index >= 15 is 0 Å². The maximum absolute atomic E-state index is 13.2. The Hall–Kier alpha value is -3.10. The van der Waals surface area contributed by atoms with Crippen LogP contribution in [0.2, 0.25) is 0 Å². The Bertz CT molecular complexity index is 1160. The van der Waals surface area contributed by atoms with Crippen molar-refractivity contribution in [2.24, 2.45) is 0 Å². The molecule has 0 spiro atoms. The van der Waals surface area contributed by atoms with Crippen LogP contribution in [0.4, 0.5) is 0 Å². The van der Waals surface area contributed by atoms with Crippen molar-refractivity contribution in [3.63, 3.8) is 0 Å². The predicted molar refractivity (Wildman–Crippen MR) is 130 cm³/mol. The summed E-state index contributed by atoms with van der Waals surface area (Å²) in [5, 5.41) is 2.30. The highest BCUT2D eigenvalue weighted by molar-refractivity contribution is 6.51. The van der Waals surface area contributed by atoms with Crippen molar-refractivity contribution in [2.75, 3.05) is 26.3 Å². The monoisotopic (exact) mass is 469 g/mol. The fourth-order valence-corrected chi connectivity index (χ4v) is 4.80. The van der Waals surface area contributed by atoms with Gasteiger partial charge in [0.1, 0.15) is 34.1 Å². The van der Waals surface area contributed by atoms with Gasteiger partial charge in [-0.2, -0.15) is 0 Å². The van der Waals surface area contributed by atoms with Crippen LogP contribution in [0, 0.1) is 0 Å². The molecule has 3 aliphatic heterocycles. The van der Waals surface area contributed by atoms with E-state index in [1.165, 1.54) is 10.5 Å². The summed E-state index contributed by atoms with van der Waals surface area (Å²) in [5.74, 6) is -0.725. The van der Waals surface area contributed by atoms with Gasteiger partial charge in [0.25, 0.3) is 5.91 Å². The van der Waals surface area contributed by atoms with Crippen LogP contribution in [0.5, 0.6) is 5.75 Å². The lowest BCUT2D eigenvalue weighted by atomic mass is 9.76. The van der Waals surface area contributed by atoms with E-state index in [-0.39, 0.29) is 47.7 Å². The Labute approximate surface area is 206 Å². The second-order valence-electron chi connectivity index (χ2n) is 9.12. The molecule has 2 saturated heterocycles. The van der Waals surface area contributed by atoms with Gasteiger partial charge in [-0.15, -0.1) is 0 Å². The summed E-state index contributed by atoms with van der Waals surface area (Å²) in [6.45, 7) is 4.74. The lowest BCUT2D eigenvalue weighted by Crippen LogP contribution is -2.52. The van der Waals surface area contributed by atoms with E-state index in [1.54, 1.807) is 6.07 Å². The first-order chi connectivity index (χ1) is 16.9. The second kappa shape index (κ2) is 9.87. The summed E-state index contributed by atoms with van der Waals surface area (Å²) in [6.07, 6.45) is 0.450. The number of carbonyl (C=O) groups excluding carboxylic acids is 3. The molecule has 1 atom stereocenters. The summed E-state index contributed by atoms with van der Waals surface area (Å²) in [4.78, 5) is 40.9. The van der Waals surface area contributed by atoms with Crippen LogP contribution in [-0.4, -0.2) is 75.6 Å². The Balaban J connectivity index is 1.29. The normalized spacial score (nSPS) is 20.6. The van der Waals surface area contributed by atoms with Crippen LogP contribution >= 0.6 is 0 Å². The molecule has 5 rings (SSSR count). The van der Waals surface area contributed by atoms with Gasteiger partial charge in [0.2, 0.25) is 11.8 Å². The van der Waals surface area contributed by atoms with Gasteiger partial charge in [0, 0.05) is 37.2 Å². The Morgan fingerprint density at radius 1 is 1.06 bits per heavy atom. The molecule has 0 aromatic heterocycles. The predicted octanol–water partition coefficient (Wildman–Crippen LogP) is -0.554. The van der Waals surface area contributed by atoms with Crippen LogP contribution in [0.25, 0.3) is 0 Å². The molecule has 3 amide bonds. The highest BCUT2D eigenvalue weighted by Crippen LogP contribution is 2.32. The highest BCUT2D eigenvalue weighted by Gasteiger charge is 2.41. The first kappa shape index (κ1) is 23.6. The first-order valence-electron chi connectivity index (χ1n) is 11.8. The van der Waals surface area contributed by atoms with Crippen molar-refractivity contribution in [2.45, 2.75) is 38.6 Å². The lowest BCUT2D eigenvalue weighted by molar-refractivity contribution is -0.136. The number of amides is 3. The minimum absolute atomic E-state index is 0.165. The third kappa shape index (κ3) is 4.86. The van der Waals surface area contributed by atoms with Crippen LogP contribution < -0.4 is 21.0 Å². The summed E-state index contributed by atoms with van der Waals surface area (Å²) < 4.78 is 11.5. The van der Waals surface area contributed by atoms with Gasteiger partial charge >= 0.3 is 0 Å². The fourth-order valence-electron chi connectivity index (χ4n) is 4.80. The molecule has 0 saturated carbocycles. The van der Waals surface area contributed by atoms with Gasteiger partial charge in [0.05, 0.1) is 19.8 Å². The molecular weight excluding hydrogens is 444 g/mol. The van der Waals surface area contributed by atoms with Gasteiger partial charge < -0.3 is 14.4 Å². The van der Waals surface area contributed by atoms with Crippen molar-refractivity contribution in [1.82, 2.24) is 15.1 Å². The topological polar surface area (TPSA) is 88.2 Å². The fraction of sp³-hybridized carbons (Fsp3) is 0.400. The SMILES string of the molecule is [B]c1cc(OCc2ccc(CN3CCOCC3)cc2)c2c(c1[B])C(=O)N(C1CCC(=O)NC1=O)C2. The third-order valence-corrected chi connectivity index (χ3v) is 6.78. The number of benzene rings is 2. The number of rotatable bonds is 6. The Morgan fingerprint density at radius 2 is 1.77 bits per heavy atom. The van der Waals surface area contributed by atoms with E-state index in [0.29, 0.717) is 17.9 Å². The zero-order chi connectivity index (χ0) is 24.5. The molecule has 176 valence electrons. The Kier molecular flexibility index (Phi) is 6.67. The van der Waals surface area contributed by atoms with E-state index < -0.39 is 11.9 Å². The number of hydrogen-bond donors (Lipinski definition) is 1. The number of imide groups is 1. The summed E-state index contributed by atoms with van der Waals surface area (Å²) in [6, 6.07) is 9.12. The molecule has 35 heavy (non-hydrogen) atoms. The standard InChI is InChI=1S/C25H25B2N3O5/c26-18-11-20(35-14-16-3-1-15(2-4-16)12-29-7-9-34-10-8-29)17-13-30(25(33)22(17)23(18)27)19-5-6-21(31)28-24(19)32/h1-4,11,19H,5-10,12-14H2,(H,28,31,32). The molecule has 3 heterocycles. The zero-order valence-corrected chi connectivity index (χ0v) is 19.4. The van der Waals surface area contributed by atoms with Crippen molar-refractivity contribution < 1.29 is 23.9 Å². The van der Waals surface area contributed by atoms with Gasteiger partial charge in [-0.05, 0) is 23.6 Å². The van der Waals surface area contributed by atoms with Crippen LogP contribution in [-0.2, 0) is 34.0 Å². The number of carbonyl (C=O) groups is 3. The second-order valence-corrected chi connectivity index (χ2v) is 9.12. The average molecular weight is 469 g/mol. The number of hydrogen-bond acceptors (Lipinski definition) is 6. The molecule has 2 fully saturated rings. The average Bonchev–Trinajstić information content (AvgIpc) is 3.19. The van der Waals surface area contributed by atoms with Gasteiger partial charge in [-0.1, -0.05) is 35.2 Å². The summed E-state index contributed by atoms with van der Waals surface area (Å²) in [5.41, 5.74) is 3.50. The number of ether oxygens (including phenoxy) is 2. The molecular formula is C25H25B2N3O5. The largest absolute Gasteiger partial charge is 0.489 e. The number of fused-ring (bicyclic) bond motifs is 1. The lowest BCUT2D eigenvalue weighted by Gasteiger charge is -2.29. The molecule has 8 nitrogen and oxygen atoms in total. The maximum Gasteiger partial charge on any atom is 0.254 e. The molecule has 1 N–H and O–H groups in total. The van der Waals surface area contributed by atoms with Crippen LogP contribution in [0.1, 0.15) is 39.9 Å². The summed E-state index contributed by atoms with van der Waals surface area (Å²) in [7, 11) is 12.2. The van der Waals surface area contributed by atoms with Crippen molar-refractivity contribution in [1.29, 1.82) is 0 Å². The number of piperidine rings is 1. The minimum Gasteiger partial charge on any atom is -0.489 e. The van der Waals surface area contributed by atoms with Gasteiger partial charge in [0.15, 0.2) is 0 Å². The molecule has 3 aliphatic rings. The van der Waals surface area contributed by atoms with Gasteiger partial charge in [-0.25, -0.2) is 0 Å². The molecule has 2 aromatic carbocycles. The number of nitrogens with zero attached hydrogens (tertiary/aromatic N) is 2. The van der Waals surface area contributed by atoms with E-state index in [2.05, 4.69) is 22.3 Å². The van der Waals surface area contributed by atoms with Gasteiger partial charge in [-0.3, -0.25) is 24.6 Å². The number of morpholine rings is 1. The smallest absolute Gasteiger partial charge is 0.254 e. The third-order valence-electron chi connectivity index (χ3n) is 6.78. The van der Waals surface area contributed by atoms with Crippen molar-refractivity contribution in [3.8, 4) is 5.75 Å². The van der Waals surface area contributed by atoms with E-state index in [4.69, 9.17) is 25.2 Å². The van der Waals surface area contributed by atoms with E-state index in [0.717, 1.165) is 38.4 Å². The van der Waals surface area contributed by atoms with Crippen molar-refractivity contribution in [3.05, 3.63) is 52.6 Å². The number of nitrogens with one attached hydrogen (secondary N) is 1. The highest BCUT2D eigenvalue weighted by atomic mass is 16.5. The maximum atomic E-state index is 13.2. The quantitative estimate of drug-likeness (QED) is 0.452. The van der Waals surface area contributed by atoms with E-state index in [1.807, 2.05) is 12.1 Å². The molecule has 4 radical (unpaired) electrons. The molecule has 0 bridgehead atoms.